The Morgan fingerprint density at radius 2 is 2.29 bits per heavy atom. The minimum Gasteiger partial charge on any atom is -0.400 e. The summed E-state index contributed by atoms with van der Waals surface area (Å²) in [6.07, 6.45) is 3.10. The van der Waals surface area contributed by atoms with Gasteiger partial charge in [-0.05, 0) is 6.07 Å². The van der Waals surface area contributed by atoms with Crippen molar-refractivity contribution in [2.75, 3.05) is 7.11 Å². The Labute approximate surface area is 41.6 Å². The van der Waals surface area contributed by atoms with E-state index in [1.807, 2.05) is 0 Å². The average Bonchev–Trinajstić information content (AvgIpc) is 2.23. The summed E-state index contributed by atoms with van der Waals surface area (Å²) in [7, 11) is 1.00. The van der Waals surface area contributed by atoms with Crippen molar-refractivity contribution in [1.82, 2.24) is 5.16 Å². The number of nitrogens with zero attached hydrogens (tertiary/aromatic N) is 1. The third kappa shape index (κ3) is 2.99. The third-order valence-corrected chi connectivity index (χ3v) is 0.347. The fourth-order valence-electron chi connectivity index (χ4n) is 0.176. The molecule has 0 spiro atoms. The Morgan fingerprint density at radius 1 is 1.57 bits per heavy atom. The first kappa shape index (κ1) is 6.17. The van der Waals surface area contributed by atoms with Crippen molar-refractivity contribution in [3.05, 3.63) is 18.5 Å². The molecule has 0 bridgehead atoms. The van der Waals surface area contributed by atoms with E-state index in [1.165, 1.54) is 6.26 Å². The Hall–Kier alpha value is -0.830. The van der Waals surface area contributed by atoms with Crippen LogP contribution in [0.4, 0.5) is 0 Å². The summed E-state index contributed by atoms with van der Waals surface area (Å²) >= 11 is 0. The number of aromatic nitrogens is 1. The molecule has 0 aliphatic rings. The molecule has 0 unspecified atom stereocenters. The monoisotopic (exact) mass is 101 g/mol. The van der Waals surface area contributed by atoms with Gasteiger partial charge in [-0.3, -0.25) is 0 Å². The van der Waals surface area contributed by atoms with E-state index in [2.05, 4.69) is 9.68 Å². The van der Waals surface area contributed by atoms with E-state index < -0.39 is 0 Å². The molecule has 0 radical (unpaired) electrons. The van der Waals surface area contributed by atoms with E-state index >= 15 is 0 Å². The van der Waals surface area contributed by atoms with Crippen LogP contribution >= 0.6 is 0 Å². The summed E-state index contributed by atoms with van der Waals surface area (Å²) < 4.78 is 4.33. The first-order chi connectivity index (χ1) is 3.50. The molecule has 1 rings (SSSR count). The van der Waals surface area contributed by atoms with Crippen molar-refractivity contribution in [1.29, 1.82) is 0 Å². The van der Waals surface area contributed by atoms with Crippen LogP contribution in [0.3, 0.4) is 0 Å². The van der Waals surface area contributed by atoms with Crippen LogP contribution in [0.2, 0.25) is 0 Å². The SMILES string of the molecule is CO.c1cnoc1. The largest absolute Gasteiger partial charge is 0.400 e. The molecule has 0 saturated carbocycles. The second kappa shape index (κ2) is 5.17. The highest BCUT2D eigenvalue weighted by Gasteiger charge is 1.60. The standard InChI is InChI=1S/C3H3NO.CH4O/c1-2-4-5-3-1;1-2/h1-3H;2H,1H3. The summed E-state index contributed by atoms with van der Waals surface area (Å²) in [5.74, 6) is 0. The molecule has 0 aliphatic heterocycles. The quantitative estimate of drug-likeness (QED) is 0.510. The molecule has 1 heterocycles. The summed E-state index contributed by atoms with van der Waals surface area (Å²) in [6.45, 7) is 0. The average molecular weight is 101 g/mol. The van der Waals surface area contributed by atoms with Gasteiger partial charge in [0, 0.05) is 7.11 Å². The molecular weight excluding hydrogens is 94.0 g/mol. The molecular formula is C4H7NO2. The van der Waals surface area contributed by atoms with Gasteiger partial charge >= 0.3 is 0 Å². The Balaban J connectivity index is 0.000000162. The van der Waals surface area contributed by atoms with Gasteiger partial charge in [0.15, 0.2) is 0 Å². The molecule has 1 N–H and O–H groups in total. The van der Waals surface area contributed by atoms with Gasteiger partial charge in [0.05, 0.1) is 6.20 Å². The van der Waals surface area contributed by atoms with E-state index in [9.17, 15) is 0 Å². The van der Waals surface area contributed by atoms with Crippen molar-refractivity contribution in [3.8, 4) is 0 Å². The van der Waals surface area contributed by atoms with E-state index in [0.717, 1.165) is 7.11 Å². The maximum atomic E-state index is 7.00. The molecule has 0 amide bonds. The molecule has 7 heavy (non-hydrogen) atoms. The van der Waals surface area contributed by atoms with Crippen molar-refractivity contribution >= 4 is 0 Å². The van der Waals surface area contributed by atoms with Crippen LogP contribution in [0.25, 0.3) is 0 Å². The molecule has 0 aromatic carbocycles. The van der Waals surface area contributed by atoms with Crippen LogP contribution in [-0.4, -0.2) is 17.4 Å². The van der Waals surface area contributed by atoms with Gasteiger partial charge < -0.3 is 9.63 Å². The molecule has 1 aromatic heterocycles. The lowest BCUT2D eigenvalue weighted by Crippen LogP contribution is -1.38. The smallest absolute Gasteiger partial charge is 0.123 e. The van der Waals surface area contributed by atoms with Gasteiger partial charge in [-0.1, -0.05) is 5.16 Å². The molecule has 3 heteroatoms. The van der Waals surface area contributed by atoms with Gasteiger partial charge in [-0.25, -0.2) is 0 Å². The van der Waals surface area contributed by atoms with Gasteiger partial charge in [-0.15, -0.1) is 0 Å². The van der Waals surface area contributed by atoms with Crippen molar-refractivity contribution in [3.63, 3.8) is 0 Å². The van der Waals surface area contributed by atoms with Gasteiger partial charge in [-0.2, -0.15) is 0 Å². The second-order valence-corrected chi connectivity index (χ2v) is 0.688. The highest BCUT2D eigenvalue weighted by Crippen LogP contribution is 1.72. The number of hydrogen-bond acceptors (Lipinski definition) is 3. The zero-order chi connectivity index (χ0) is 5.54. The van der Waals surface area contributed by atoms with E-state index in [1.54, 1.807) is 12.3 Å². The van der Waals surface area contributed by atoms with Gasteiger partial charge in [0.25, 0.3) is 0 Å². The summed E-state index contributed by atoms with van der Waals surface area (Å²) in [6, 6.07) is 1.72. The van der Waals surface area contributed by atoms with Crippen LogP contribution in [0.5, 0.6) is 0 Å². The minimum absolute atomic E-state index is 1.00. The number of rotatable bonds is 0. The normalized spacial score (nSPS) is 6.57. The molecule has 0 aliphatic carbocycles. The molecule has 0 saturated heterocycles. The topological polar surface area (TPSA) is 46.3 Å². The van der Waals surface area contributed by atoms with Crippen LogP contribution in [-0.2, 0) is 0 Å². The summed E-state index contributed by atoms with van der Waals surface area (Å²) in [5, 5.41) is 10.3. The molecule has 0 atom stereocenters. The van der Waals surface area contributed by atoms with Crippen LogP contribution in [0, 0.1) is 0 Å². The van der Waals surface area contributed by atoms with Crippen LogP contribution in [0.1, 0.15) is 0 Å². The summed E-state index contributed by atoms with van der Waals surface area (Å²) in [5.41, 5.74) is 0. The van der Waals surface area contributed by atoms with Crippen LogP contribution in [0.15, 0.2) is 23.0 Å². The van der Waals surface area contributed by atoms with E-state index in [0.29, 0.717) is 0 Å². The van der Waals surface area contributed by atoms with Gasteiger partial charge in [0.1, 0.15) is 6.26 Å². The van der Waals surface area contributed by atoms with Gasteiger partial charge in [0.2, 0.25) is 0 Å². The number of aliphatic hydroxyl groups is 1. The predicted octanol–water partition coefficient (Wildman–Crippen LogP) is 0.283. The fourth-order valence-corrected chi connectivity index (χ4v) is 0.176. The number of aliphatic hydroxyl groups excluding tert-OH is 1. The first-order valence-corrected chi connectivity index (χ1v) is 1.79. The zero-order valence-electron chi connectivity index (χ0n) is 4.03. The maximum Gasteiger partial charge on any atom is 0.123 e. The molecule has 3 nitrogen and oxygen atoms in total. The highest BCUT2D eigenvalue weighted by molar-refractivity contribution is 4.67. The molecule has 40 valence electrons. The predicted molar refractivity (Wildman–Crippen MR) is 24.6 cm³/mol. The van der Waals surface area contributed by atoms with Crippen LogP contribution < -0.4 is 0 Å². The third-order valence-electron chi connectivity index (χ3n) is 0.347. The van der Waals surface area contributed by atoms with E-state index in [4.69, 9.17) is 5.11 Å². The van der Waals surface area contributed by atoms with E-state index in [-0.39, 0.29) is 0 Å². The van der Waals surface area contributed by atoms with Crippen molar-refractivity contribution in [2.45, 2.75) is 0 Å². The Bertz CT molecular complexity index is 66.2. The van der Waals surface area contributed by atoms with Crippen molar-refractivity contribution in [2.24, 2.45) is 0 Å². The minimum atomic E-state index is 1.00. The zero-order valence-corrected chi connectivity index (χ0v) is 4.03. The molecule has 0 fully saturated rings. The van der Waals surface area contributed by atoms with Crippen molar-refractivity contribution < 1.29 is 9.63 Å². The Kier molecular flexibility index (Phi) is 4.56. The first-order valence-electron chi connectivity index (χ1n) is 1.79. The second-order valence-electron chi connectivity index (χ2n) is 0.688. The summed E-state index contributed by atoms with van der Waals surface area (Å²) in [4.78, 5) is 0. The lowest BCUT2D eigenvalue weighted by Gasteiger charge is -1.48. The lowest BCUT2D eigenvalue weighted by molar-refractivity contribution is 0.399. The maximum absolute atomic E-state index is 7.00. The highest BCUT2D eigenvalue weighted by atomic mass is 16.5. The lowest BCUT2D eigenvalue weighted by atomic mass is 10.8. The number of hydrogen-bond donors (Lipinski definition) is 1. The Morgan fingerprint density at radius 3 is 2.43 bits per heavy atom. The molecule has 1 aromatic rings. The fraction of sp³-hybridized carbons (Fsp3) is 0.250.